The topological polar surface area (TPSA) is 57.7 Å². The van der Waals surface area contributed by atoms with Gasteiger partial charge in [0.05, 0.1) is 13.1 Å². The number of hydrogen-bond acceptors (Lipinski definition) is 3. The smallest absolute Gasteiger partial charge is 0.282 e. The maximum Gasteiger partial charge on any atom is 0.282 e. The summed E-state index contributed by atoms with van der Waals surface area (Å²) >= 11 is 0. The normalized spacial score (nSPS) is 26.0. The lowest BCUT2D eigenvalue weighted by Crippen LogP contribution is -2.52. The Labute approximate surface area is 72.1 Å². The fourth-order valence-electron chi connectivity index (χ4n) is 1.13. The molecule has 0 aromatic heterocycles. The van der Waals surface area contributed by atoms with E-state index in [4.69, 9.17) is 0 Å². The number of carbonyl (C=O) groups is 1. The molecule has 0 aromatic rings. The minimum atomic E-state index is -3.34. The fourth-order valence-corrected chi connectivity index (χ4v) is 2.47. The first-order valence-corrected chi connectivity index (χ1v) is 5.11. The van der Waals surface area contributed by atoms with Gasteiger partial charge in [-0.2, -0.15) is 17.0 Å². The Bertz CT molecular complexity index is 285. The van der Waals surface area contributed by atoms with Crippen LogP contribution < -0.4 is 0 Å². The number of ketones is 1. The van der Waals surface area contributed by atoms with Crippen molar-refractivity contribution in [2.75, 3.05) is 26.7 Å². The Kier molecular flexibility index (Phi) is 2.50. The van der Waals surface area contributed by atoms with E-state index in [1.807, 2.05) is 0 Å². The van der Waals surface area contributed by atoms with Crippen molar-refractivity contribution in [3.63, 3.8) is 0 Å². The number of Topliss-reactive ketones (excluding diaryl/α,β-unsaturated/α-hetero) is 1. The van der Waals surface area contributed by atoms with Gasteiger partial charge in [-0.25, -0.2) is 0 Å². The summed E-state index contributed by atoms with van der Waals surface area (Å²) in [7, 11) is -1.93. The molecule has 1 aliphatic heterocycles. The van der Waals surface area contributed by atoms with Gasteiger partial charge in [-0.3, -0.25) is 4.79 Å². The molecule has 0 amide bonds. The highest BCUT2D eigenvalue weighted by Crippen LogP contribution is 2.10. The highest BCUT2D eigenvalue weighted by molar-refractivity contribution is 7.86. The first-order chi connectivity index (χ1) is 5.48. The molecule has 0 unspecified atom stereocenters. The molecule has 0 aromatic carbocycles. The monoisotopic (exact) mass is 192 g/mol. The molecule has 70 valence electrons. The van der Waals surface area contributed by atoms with Gasteiger partial charge in [-0.1, -0.05) is 6.92 Å². The van der Waals surface area contributed by atoms with E-state index in [-0.39, 0.29) is 18.9 Å². The van der Waals surface area contributed by atoms with Gasteiger partial charge >= 0.3 is 0 Å². The SMILES string of the molecule is CCN1CC(=O)CN(C)S1(=O)=O. The number of nitrogens with zero attached hydrogens (tertiary/aromatic N) is 2. The highest BCUT2D eigenvalue weighted by Gasteiger charge is 2.33. The molecule has 0 spiro atoms. The Balaban J connectivity index is 2.93. The number of hydrogen-bond donors (Lipinski definition) is 0. The van der Waals surface area contributed by atoms with E-state index in [0.29, 0.717) is 6.54 Å². The second kappa shape index (κ2) is 3.12. The van der Waals surface area contributed by atoms with Gasteiger partial charge in [-0.15, -0.1) is 0 Å². The van der Waals surface area contributed by atoms with Crippen molar-refractivity contribution < 1.29 is 13.2 Å². The third-order valence-electron chi connectivity index (χ3n) is 1.82. The summed E-state index contributed by atoms with van der Waals surface area (Å²) in [6.45, 7) is 2.07. The van der Waals surface area contributed by atoms with Gasteiger partial charge < -0.3 is 0 Å². The summed E-state index contributed by atoms with van der Waals surface area (Å²) in [5.74, 6) is -0.0609. The van der Waals surface area contributed by atoms with Crippen LogP contribution in [0, 0.1) is 0 Å². The molecule has 1 saturated heterocycles. The van der Waals surface area contributed by atoms with Crippen LogP contribution in [0.4, 0.5) is 0 Å². The van der Waals surface area contributed by atoms with Crippen LogP contribution in [0.2, 0.25) is 0 Å². The van der Waals surface area contributed by atoms with Crippen LogP contribution in [-0.4, -0.2) is 49.5 Å². The Hall–Kier alpha value is -0.460. The van der Waals surface area contributed by atoms with Gasteiger partial charge in [0, 0.05) is 13.6 Å². The van der Waals surface area contributed by atoms with E-state index in [9.17, 15) is 13.2 Å². The lowest BCUT2D eigenvalue weighted by atomic mass is 10.4. The van der Waals surface area contributed by atoms with Crippen LogP contribution in [0.15, 0.2) is 0 Å². The molecule has 0 bridgehead atoms. The maximum atomic E-state index is 11.4. The summed E-state index contributed by atoms with van der Waals surface area (Å²) < 4.78 is 25.0. The van der Waals surface area contributed by atoms with E-state index in [2.05, 4.69) is 0 Å². The van der Waals surface area contributed by atoms with Crippen LogP contribution in [0.5, 0.6) is 0 Å². The highest BCUT2D eigenvalue weighted by atomic mass is 32.2. The standard InChI is InChI=1S/C6H12N2O3S/c1-3-8-5-6(9)4-7(2)12(8,10)11/h3-5H2,1-2H3. The van der Waals surface area contributed by atoms with Crippen molar-refractivity contribution >= 4 is 16.0 Å². The van der Waals surface area contributed by atoms with E-state index in [1.165, 1.54) is 11.4 Å². The number of carbonyl (C=O) groups excluding carboxylic acids is 1. The van der Waals surface area contributed by atoms with E-state index in [1.54, 1.807) is 6.92 Å². The van der Waals surface area contributed by atoms with Gasteiger partial charge in [0.15, 0.2) is 5.78 Å². The first kappa shape index (κ1) is 9.63. The molecular formula is C6H12N2O3S. The van der Waals surface area contributed by atoms with Crippen LogP contribution in [-0.2, 0) is 15.0 Å². The predicted molar refractivity (Wildman–Crippen MR) is 43.8 cm³/mol. The Morgan fingerprint density at radius 1 is 1.42 bits per heavy atom. The van der Waals surface area contributed by atoms with Crippen molar-refractivity contribution in [3.05, 3.63) is 0 Å². The summed E-state index contributed by atoms with van der Waals surface area (Å²) in [5.41, 5.74) is 0. The lowest BCUT2D eigenvalue weighted by molar-refractivity contribution is -0.120. The quantitative estimate of drug-likeness (QED) is 0.539. The van der Waals surface area contributed by atoms with Gasteiger partial charge in [0.2, 0.25) is 0 Å². The van der Waals surface area contributed by atoms with E-state index in [0.717, 1.165) is 4.31 Å². The van der Waals surface area contributed by atoms with Crippen molar-refractivity contribution in [1.29, 1.82) is 0 Å². The van der Waals surface area contributed by atoms with Crippen LogP contribution in [0.3, 0.4) is 0 Å². The minimum absolute atomic E-state index is 0.00116. The van der Waals surface area contributed by atoms with Crippen molar-refractivity contribution in [3.8, 4) is 0 Å². The zero-order valence-corrected chi connectivity index (χ0v) is 7.97. The molecule has 1 aliphatic rings. The third kappa shape index (κ3) is 1.50. The zero-order chi connectivity index (χ0) is 9.35. The van der Waals surface area contributed by atoms with Crippen molar-refractivity contribution in [2.45, 2.75) is 6.92 Å². The largest absolute Gasteiger partial charge is 0.297 e. The summed E-state index contributed by atoms with van der Waals surface area (Å²) in [5, 5.41) is 0. The van der Waals surface area contributed by atoms with E-state index < -0.39 is 10.2 Å². The molecule has 5 nitrogen and oxygen atoms in total. The molecule has 1 heterocycles. The van der Waals surface area contributed by atoms with Crippen LogP contribution in [0.1, 0.15) is 6.92 Å². The summed E-state index contributed by atoms with van der Waals surface area (Å²) in [4.78, 5) is 11.0. The van der Waals surface area contributed by atoms with Gasteiger partial charge in [0.1, 0.15) is 0 Å². The van der Waals surface area contributed by atoms with Crippen LogP contribution >= 0.6 is 0 Å². The average molecular weight is 192 g/mol. The maximum absolute atomic E-state index is 11.4. The lowest BCUT2D eigenvalue weighted by Gasteiger charge is -2.30. The first-order valence-electron chi connectivity index (χ1n) is 3.71. The molecular weight excluding hydrogens is 180 g/mol. The van der Waals surface area contributed by atoms with Crippen molar-refractivity contribution in [1.82, 2.24) is 8.61 Å². The van der Waals surface area contributed by atoms with Gasteiger partial charge in [0.25, 0.3) is 10.2 Å². The minimum Gasteiger partial charge on any atom is -0.297 e. The summed E-state index contributed by atoms with van der Waals surface area (Å²) in [6.07, 6.45) is 0. The molecule has 0 radical (unpaired) electrons. The Morgan fingerprint density at radius 2 is 2.00 bits per heavy atom. The molecule has 1 rings (SSSR count). The fraction of sp³-hybridized carbons (Fsp3) is 0.833. The van der Waals surface area contributed by atoms with Gasteiger partial charge in [-0.05, 0) is 0 Å². The second-order valence-electron chi connectivity index (χ2n) is 2.73. The Morgan fingerprint density at radius 3 is 2.50 bits per heavy atom. The number of likely N-dealkylation sites (N-methyl/N-ethyl adjacent to an activating group) is 2. The summed E-state index contributed by atoms with van der Waals surface area (Å²) in [6, 6.07) is 0. The van der Waals surface area contributed by atoms with E-state index >= 15 is 0 Å². The third-order valence-corrected chi connectivity index (χ3v) is 3.78. The molecule has 6 heteroatoms. The second-order valence-corrected chi connectivity index (χ2v) is 4.76. The molecule has 0 atom stereocenters. The molecule has 1 fully saturated rings. The average Bonchev–Trinajstić information content (AvgIpc) is 1.97. The molecule has 0 aliphatic carbocycles. The van der Waals surface area contributed by atoms with Crippen molar-refractivity contribution in [2.24, 2.45) is 0 Å². The molecule has 0 N–H and O–H groups in total. The zero-order valence-electron chi connectivity index (χ0n) is 7.15. The molecule has 0 saturated carbocycles. The molecule has 12 heavy (non-hydrogen) atoms. The predicted octanol–water partition coefficient (Wildman–Crippen LogP) is -0.932. The van der Waals surface area contributed by atoms with Crippen LogP contribution in [0.25, 0.3) is 0 Å². The number of rotatable bonds is 1.